The summed E-state index contributed by atoms with van der Waals surface area (Å²) in [6.45, 7) is 3.41. The first-order chi connectivity index (χ1) is 8.74. The second kappa shape index (κ2) is 6.28. The van der Waals surface area contributed by atoms with E-state index in [0.717, 1.165) is 37.4 Å². The SMILES string of the molecule is CN1CCC(C=NCCN=CC2=NN(C)CC2)=N1. The third-order valence-electron chi connectivity index (χ3n) is 2.82. The van der Waals surface area contributed by atoms with Crippen molar-refractivity contribution in [3.63, 3.8) is 0 Å². The Hall–Kier alpha value is -1.72. The molecular weight excluding hydrogens is 228 g/mol. The van der Waals surface area contributed by atoms with Crippen LogP contribution in [0.25, 0.3) is 0 Å². The van der Waals surface area contributed by atoms with Crippen LogP contribution in [0.4, 0.5) is 0 Å². The maximum atomic E-state index is 4.32. The molecule has 0 bridgehead atoms. The Morgan fingerprint density at radius 2 is 1.39 bits per heavy atom. The molecule has 98 valence electrons. The van der Waals surface area contributed by atoms with E-state index < -0.39 is 0 Å². The first-order valence-corrected chi connectivity index (χ1v) is 6.31. The number of nitrogens with zero attached hydrogens (tertiary/aromatic N) is 6. The third-order valence-corrected chi connectivity index (χ3v) is 2.82. The normalized spacial score (nSPS) is 20.3. The van der Waals surface area contributed by atoms with Gasteiger partial charge in [-0.25, -0.2) is 0 Å². The Morgan fingerprint density at radius 3 is 1.72 bits per heavy atom. The average molecular weight is 248 g/mol. The molecule has 0 aliphatic carbocycles. The third kappa shape index (κ3) is 3.94. The van der Waals surface area contributed by atoms with Crippen molar-refractivity contribution in [2.45, 2.75) is 12.8 Å². The van der Waals surface area contributed by atoms with Gasteiger partial charge >= 0.3 is 0 Å². The van der Waals surface area contributed by atoms with Crippen molar-refractivity contribution < 1.29 is 0 Å². The van der Waals surface area contributed by atoms with Crippen molar-refractivity contribution in [2.24, 2.45) is 20.2 Å². The number of hydrazone groups is 2. The van der Waals surface area contributed by atoms with Gasteiger partial charge in [0.15, 0.2) is 0 Å². The molecule has 0 spiro atoms. The Morgan fingerprint density at radius 1 is 0.944 bits per heavy atom. The lowest BCUT2D eigenvalue weighted by molar-refractivity contribution is 0.393. The van der Waals surface area contributed by atoms with Gasteiger partial charge in [0.2, 0.25) is 0 Å². The molecule has 0 unspecified atom stereocenters. The second-order valence-electron chi connectivity index (χ2n) is 4.52. The number of hydrogen-bond acceptors (Lipinski definition) is 6. The van der Waals surface area contributed by atoms with E-state index in [-0.39, 0.29) is 0 Å². The van der Waals surface area contributed by atoms with E-state index in [4.69, 9.17) is 0 Å². The lowest BCUT2D eigenvalue weighted by atomic mass is 10.3. The fraction of sp³-hybridized carbons (Fsp3) is 0.667. The molecular formula is C12H20N6. The van der Waals surface area contributed by atoms with Crippen molar-refractivity contribution in [2.75, 3.05) is 40.3 Å². The molecule has 18 heavy (non-hydrogen) atoms. The molecule has 0 atom stereocenters. The number of rotatable bonds is 5. The molecule has 0 radical (unpaired) electrons. The van der Waals surface area contributed by atoms with Crippen molar-refractivity contribution in [1.29, 1.82) is 0 Å². The summed E-state index contributed by atoms with van der Waals surface area (Å²) >= 11 is 0. The fourth-order valence-corrected chi connectivity index (χ4v) is 1.83. The van der Waals surface area contributed by atoms with Gasteiger partial charge in [-0.1, -0.05) is 0 Å². The number of hydrogen-bond donors (Lipinski definition) is 0. The van der Waals surface area contributed by atoms with Crippen LogP contribution in [-0.2, 0) is 0 Å². The summed E-state index contributed by atoms with van der Waals surface area (Å²) in [7, 11) is 3.95. The van der Waals surface area contributed by atoms with E-state index >= 15 is 0 Å². The molecule has 0 aromatic rings. The fourth-order valence-electron chi connectivity index (χ4n) is 1.83. The zero-order chi connectivity index (χ0) is 12.8. The predicted octanol–water partition coefficient (Wildman–Crippen LogP) is 0.511. The van der Waals surface area contributed by atoms with Gasteiger partial charge < -0.3 is 0 Å². The first-order valence-electron chi connectivity index (χ1n) is 6.31. The zero-order valence-corrected chi connectivity index (χ0v) is 11.1. The Kier molecular flexibility index (Phi) is 4.44. The molecule has 0 fully saturated rings. The van der Waals surface area contributed by atoms with Gasteiger partial charge in [0, 0.05) is 52.5 Å². The topological polar surface area (TPSA) is 55.9 Å². The second-order valence-corrected chi connectivity index (χ2v) is 4.52. The van der Waals surface area contributed by atoms with Gasteiger partial charge in [0.1, 0.15) is 0 Å². The Labute approximate surface area is 108 Å². The van der Waals surface area contributed by atoms with Crippen molar-refractivity contribution in [3.05, 3.63) is 0 Å². The number of aliphatic imine (C=N–C) groups is 2. The molecule has 0 saturated carbocycles. The largest absolute Gasteiger partial charge is 0.299 e. The standard InChI is InChI=1S/C12H20N6/c1-17-7-3-11(15-17)9-13-5-6-14-10-12-4-8-18(2)16-12/h9-10H,3-8H2,1-2H3. The quantitative estimate of drug-likeness (QED) is 0.526. The molecule has 2 aliphatic heterocycles. The van der Waals surface area contributed by atoms with Gasteiger partial charge in [-0.15, -0.1) is 0 Å². The maximum absolute atomic E-state index is 4.32. The van der Waals surface area contributed by atoms with Crippen molar-refractivity contribution in [1.82, 2.24) is 10.0 Å². The summed E-state index contributed by atoms with van der Waals surface area (Å²) in [5.74, 6) is 0. The lowest BCUT2D eigenvalue weighted by Crippen LogP contribution is -2.04. The van der Waals surface area contributed by atoms with Crippen LogP contribution in [0.3, 0.4) is 0 Å². The van der Waals surface area contributed by atoms with Gasteiger partial charge in [-0.2, -0.15) is 10.2 Å². The zero-order valence-electron chi connectivity index (χ0n) is 11.1. The summed E-state index contributed by atoms with van der Waals surface area (Å²) in [4.78, 5) is 8.64. The smallest absolute Gasteiger partial charge is 0.0801 e. The highest BCUT2D eigenvalue weighted by molar-refractivity contribution is 6.31. The molecule has 6 nitrogen and oxygen atoms in total. The van der Waals surface area contributed by atoms with Crippen LogP contribution in [-0.4, -0.2) is 74.1 Å². The summed E-state index contributed by atoms with van der Waals surface area (Å²) < 4.78 is 0. The lowest BCUT2D eigenvalue weighted by Gasteiger charge is -2.00. The molecule has 0 aromatic carbocycles. The van der Waals surface area contributed by atoms with Crippen LogP contribution < -0.4 is 0 Å². The van der Waals surface area contributed by atoms with Gasteiger partial charge in [-0.05, 0) is 0 Å². The van der Waals surface area contributed by atoms with Crippen LogP contribution >= 0.6 is 0 Å². The van der Waals surface area contributed by atoms with Crippen LogP contribution in [0.1, 0.15) is 12.8 Å². The molecule has 6 heteroatoms. The molecule has 0 aromatic heterocycles. The summed E-state index contributed by atoms with van der Waals surface area (Å²) in [5, 5.41) is 12.5. The molecule has 2 heterocycles. The van der Waals surface area contributed by atoms with Crippen LogP contribution in [0, 0.1) is 0 Å². The predicted molar refractivity (Wildman–Crippen MR) is 76.1 cm³/mol. The van der Waals surface area contributed by atoms with E-state index in [1.807, 2.05) is 36.5 Å². The van der Waals surface area contributed by atoms with E-state index in [9.17, 15) is 0 Å². The molecule has 0 amide bonds. The average Bonchev–Trinajstić information content (AvgIpc) is 2.93. The van der Waals surface area contributed by atoms with E-state index in [2.05, 4.69) is 20.2 Å². The molecule has 0 saturated heterocycles. The van der Waals surface area contributed by atoms with Crippen molar-refractivity contribution in [3.8, 4) is 0 Å². The highest BCUT2D eigenvalue weighted by atomic mass is 15.5. The minimum Gasteiger partial charge on any atom is -0.299 e. The van der Waals surface area contributed by atoms with Crippen LogP contribution in [0.2, 0.25) is 0 Å². The van der Waals surface area contributed by atoms with Gasteiger partial charge in [0.25, 0.3) is 0 Å². The van der Waals surface area contributed by atoms with Gasteiger partial charge in [-0.3, -0.25) is 20.0 Å². The summed E-state index contributed by atoms with van der Waals surface area (Å²) in [5.41, 5.74) is 2.12. The Balaban J connectivity index is 1.64. The van der Waals surface area contributed by atoms with Crippen LogP contribution in [0.5, 0.6) is 0 Å². The summed E-state index contributed by atoms with van der Waals surface area (Å²) in [6.07, 6.45) is 5.71. The minimum atomic E-state index is 0.711. The van der Waals surface area contributed by atoms with Crippen molar-refractivity contribution >= 4 is 23.9 Å². The summed E-state index contributed by atoms with van der Waals surface area (Å²) in [6, 6.07) is 0. The Bertz CT molecular complexity index is 357. The van der Waals surface area contributed by atoms with E-state index in [0.29, 0.717) is 13.1 Å². The van der Waals surface area contributed by atoms with Crippen LogP contribution in [0.15, 0.2) is 20.2 Å². The van der Waals surface area contributed by atoms with E-state index in [1.165, 1.54) is 0 Å². The highest BCUT2D eigenvalue weighted by Crippen LogP contribution is 2.01. The highest BCUT2D eigenvalue weighted by Gasteiger charge is 2.08. The molecule has 2 rings (SSSR count). The first kappa shape index (κ1) is 12.7. The maximum Gasteiger partial charge on any atom is 0.0801 e. The molecule has 2 aliphatic rings. The van der Waals surface area contributed by atoms with E-state index in [1.54, 1.807) is 0 Å². The molecule has 0 N–H and O–H groups in total. The monoisotopic (exact) mass is 248 g/mol. The van der Waals surface area contributed by atoms with Gasteiger partial charge in [0.05, 0.1) is 24.5 Å². The minimum absolute atomic E-state index is 0.711.